The Labute approximate surface area is 148 Å². The second kappa shape index (κ2) is 8.02. The third kappa shape index (κ3) is 4.96. The normalized spacial score (nSPS) is 11.0. The molecule has 0 atom stereocenters. The molecule has 0 spiro atoms. The molecular formula is C18H22N2O4S. The maximum absolute atomic E-state index is 12.5. The molecule has 0 heterocycles. The fraction of sp³-hybridized carbons (Fsp3) is 0.278. The Morgan fingerprint density at radius 3 is 2.48 bits per heavy atom. The first-order valence-electron chi connectivity index (χ1n) is 8.00. The number of carbonyl (C=O) groups is 1. The van der Waals surface area contributed by atoms with E-state index in [0.717, 1.165) is 0 Å². The van der Waals surface area contributed by atoms with Crippen molar-refractivity contribution in [3.63, 3.8) is 0 Å². The van der Waals surface area contributed by atoms with E-state index in [9.17, 15) is 13.2 Å². The van der Waals surface area contributed by atoms with Gasteiger partial charge in [-0.25, -0.2) is 8.42 Å². The molecule has 0 bridgehead atoms. The van der Waals surface area contributed by atoms with Crippen LogP contribution in [0.2, 0.25) is 0 Å². The van der Waals surface area contributed by atoms with Crippen molar-refractivity contribution in [3.8, 4) is 5.75 Å². The maximum atomic E-state index is 12.5. The van der Waals surface area contributed by atoms with Crippen molar-refractivity contribution < 1.29 is 17.9 Å². The third-order valence-corrected chi connectivity index (χ3v) is 4.85. The van der Waals surface area contributed by atoms with Gasteiger partial charge in [-0.05, 0) is 56.7 Å². The summed E-state index contributed by atoms with van der Waals surface area (Å²) in [4.78, 5) is 12.5. The first-order valence-corrected chi connectivity index (χ1v) is 9.65. The number of rotatable bonds is 7. The fourth-order valence-corrected chi connectivity index (χ4v) is 2.94. The minimum absolute atomic E-state index is 0.000853. The lowest BCUT2D eigenvalue weighted by atomic mass is 10.1. The van der Waals surface area contributed by atoms with E-state index >= 15 is 0 Å². The third-order valence-electron chi connectivity index (χ3n) is 3.56. The van der Waals surface area contributed by atoms with Gasteiger partial charge in [0.1, 0.15) is 5.75 Å². The van der Waals surface area contributed by atoms with Crippen molar-refractivity contribution in [1.29, 1.82) is 0 Å². The molecule has 0 unspecified atom stereocenters. The average Bonchev–Trinajstić information content (AvgIpc) is 2.58. The zero-order valence-corrected chi connectivity index (χ0v) is 15.3. The molecule has 0 aliphatic rings. The van der Waals surface area contributed by atoms with Crippen LogP contribution in [0.15, 0.2) is 42.5 Å². The molecule has 0 aromatic heterocycles. The van der Waals surface area contributed by atoms with Crippen LogP contribution in [0.3, 0.4) is 0 Å². The van der Waals surface area contributed by atoms with Gasteiger partial charge in [0.05, 0.1) is 23.6 Å². The summed E-state index contributed by atoms with van der Waals surface area (Å²) >= 11 is 0. The van der Waals surface area contributed by atoms with Crippen LogP contribution in [0.4, 0.5) is 11.4 Å². The monoisotopic (exact) mass is 362 g/mol. The van der Waals surface area contributed by atoms with E-state index in [1.165, 1.54) is 0 Å². The van der Waals surface area contributed by atoms with Crippen LogP contribution in [0.1, 0.15) is 29.8 Å². The van der Waals surface area contributed by atoms with E-state index in [4.69, 9.17) is 4.74 Å². The predicted octanol–water partition coefficient (Wildman–Crippen LogP) is 3.41. The molecule has 7 heteroatoms. The zero-order valence-electron chi connectivity index (χ0n) is 14.5. The second-order valence-electron chi connectivity index (χ2n) is 5.42. The van der Waals surface area contributed by atoms with Crippen LogP contribution in [0, 0.1) is 6.92 Å². The molecule has 2 N–H and O–H groups in total. The Balaban J connectivity index is 2.18. The van der Waals surface area contributed by atoms with Gasteiger partial charge in [0.2, 0.25) is 10.0 Å². The lowest BCUT2D eigenvalue weighted by Crippen LogP contribution is -2.16. The van der Waals surface area contributed by atoms with Crippen LogP contribution in [0.5, 0.6) is 5.75 Å². The molecule has 2 aromatic rings. The van der Waals surface area contributed by atoms with Gasteiger partial charge in [0.25, 0.3) is 5.91 Å². The summed E-state index contributed by atoms with van der Waals surface area (Å²) in [5.41, 5.74) is 2.23. The second-order valence-corrected chi connectivity index (χ2v) is 7.43. The van der Waals surface area contributed by atoms with Crippen molar-refractivity contribution in [2.75, 3.05) is 22.4 Å². The number of aryl methyl sites for hydroxylation is 1. The number of para-hydroxylation sites is 1. The Morgan fingerprint density at radius 1 is 1.12 bits per heavy atom. The van der Waals surface area contributed by atoms with Gasteiger partial charge in [-0.3, -0.25) is 9.52 Å². The smallest absolute Gasteiger partial charge is 0.259 e. The maximum Gasteiger partial charge on any atom is 0.259 e. The van der Waals surface area contributed by atoms with E-state index < -0.39 is 10.0 Å². The van der Waals surface area contributed by atoms with Gasteiger partial charge in [0, 0.05) is 5.69 Å². The highest BCUT2D eigenvalue weighted by Crippen LogP contribution is 2.23. The van der Waals surface area contributed by atoms with E-state index in [0.29, 0.717) is 34.9 Å². The lowest BCUT2D eigenvalue weighted by Gasteiger charge is -2.13. The first kappa shape index (κ1) is 18.8. The molecule has 25 heavy (non-hydrogen) atoms. The topological polar surface area (TPSA) is 84.5 Å². The van der Waals surface area contributed by atoms with Crippen molar-refractivity contribution >= 4 is 27.3 Å². The molecule has 2 aromatic carbocycles. The number of amides is 1. The van der Waals surface area contributed by atoms with E-state index in [-0.39, 0.29) is 11.7 Å². The number of nitrogens with one attached hydrogen (secondary N) is 2. The van der Waals surface area contributed by atoms with Crippen LogP contribution < -0.4 is 14.8 Å². The van der Waals surface area contributed by atoms with Gasteiger partial charge < -0.3 is 10.1 Å². The predicted molar refractivity (Wildman–Crippen MR) is 99.8 cm³/mol. The zero-order chi connectivity index (χ0) is 18.4. The van der Waals surface area contributed by atoms with Crippen molar-refractivity contribution in [2.24, 2.45) is 0 Å². The summed E-state index contributed by atoms with van der Waals surface area (Å²) in [6, 6.07) is 12.0. The molecule has 6 nitrogen and oxygen atoms in total. The summed E-state index contributed by atoms with van der Waals surface area (Å²) in [7, 11) is -3.34. The summed E-state index contributed by atoms with van der Waals surface area (Å²) < 4.78 is 31.3. The minimum atomic E-state index is -3.34. The molecular weight excluding hydrogens is 340 g/mol. The molecule has 0 aliphatic carbocycles. The molecule has 0 aliphatic heterocycles. The Bertz CT molecular complexity index is 863. The van der Waals surface area contributed by atoms with Crippen LogP contribution in [0.25, 0.3) is 0 Å². The molecule has 1 amide bonds. The number of anilines is 2. The van der Waals surface area contributed by atoms with Gasteiger partial charge in [-0.15, -0.1) is 0 Å². The van der Waals surface area contributed by atoms with Crippen LogP contribution >= 0.6 is 0 Å². The van der Waals surface area contributed by atoms with Gasteiger partial charge in [-0.2, -0.15) is 0 Å². The van der Waals surface area contributed by atoms with Crippen molar-refractivity contribution in [2.45, 2.75) is 20.8 Å². The van der Waals surface area contributed by atoms with Gasteiger partial charge >= 0.3 is 0 Å². The SMILES string of the molecule is CCOc1ccccc1C(=O)Nc1ccc(NS(=O)(=O)CC)c(C)c1. The number of benzene rings is 2. The van der Waals surface area contributed by atoms with Gasteiger partial charge in [-0.1, -0.05) is 12.1 Å². The van der Waals surface area contributed by atoms with Crippen molar-refractivity contribution in [3.05, 3.63) is 53.6 Å². The Kier molecular flexibility index (Phi) is 6.03. The first-order chi connectivity index (χ1) is 11.9. The van der Waals surface area contributed by atoms with Crippen LogP contribution in [-0.4, -0.2) is 26.7 Å². The summed E-state index contributed by atoms with van der Waals surface area (Å²) in [5.74, 6) is 0.232. The Hall–Kier alpha value is -2.54. The fourth-order valence-electron chi connectivity index (χ4n) is 2.23. The number of carbonyl (C=O) groups excluding carboxylic acids is 1. The van der Waals surface area contributed by atoms with Crippen LogP contribution in [-0.2, 0) is 10.0 Å². The summed E-state index contributed by atoms with van der Waals surface area (Å²) in [6.07, 6.45) is 0. The minimum Gasteiger partial charge on any atom is -0.493 e. The standard InChI is InChI=1S/C18H22N2O4S/c1-4-24-17-9-7-6-8-15(17)18(21)19-14-10-11-16(13(3)12-14)20-25(22,23)5-2/h6-12,20H,4-5H2,1-3H3,(H,19,21). The van der Waals surface area contributed by atoms with E-state index in [1.807, 2.05) is 6.92 Å². The molecule has 2 rings (SSSR count). The highest BCUT2D eigenvalue weighted by molar-refractivity contribution is 7.92. The van der Waals surface area contributed by atoms with E-state index in [2.05, 4.69) is 10.0 Å². The lowest BCUT2D eigenvalue weighted by molar-refractivity contribution is 0.102. The molecule has 134 valence electrons. The molecule has 0 saturated carbocycles. The molecule has 0 radical (unpaired) electrons. The summed E-state index contributed by atoms with van der Waals surface area (Å²) in [5, 5.41) is 2.81. The van der Waals surface area contributed by atoms with Crippen molar-refractivity contribution in [1.82, 2.24) is 0 Å². The number of ether oxygens (including phenoxy) is 1. The van der Waals surface area contributed by atoms with Gasteiger partial charge in [0.15, 0.2) is 0 Å². The number of hydrogen-bond acceptors (Lipinski definition) is 4. The average molecular weight is 362 g/mol. The van der Waals surface area contributed by atoms with E-state index in [1.54, 1.807) is 56.3 Å². The Morgan fingerprint density at radius 2 is 1.84 bits per heavy atom. The number of sulfonamides is 1. The highest BCUT2D eigenvalue weighted by atomic mass is 32.2. The summed E-state index contributed by atoms with van der Waals surface area (Å²) in [6.45, 7) is 5.67. The number of hydrogen-bond donors (Lipinski definition) is 2. The highest BCUT2D eigenvalue weighted by Gasteiger charge is 2.13. The molecule has 0 fully saturated rings. The molecule has 0 saturated heterocycles. The largest absolute Gasteiger partial charge is 0.493 e. The quantitative estimate of drug-likeness (QED) is 0.790.